The fourth-order valence-electron chi connectivity index (χ4n) is 4.55. The van der Waals surface area contributed by atoms with Crippen LogP contribution < -0.4 is 4.74 Å². The van der Waals surface area contributed by atoms with Crippen LogP contribution in [0.2, 0.25) is 0 Å². The summed E-state index contributed by atoms with van der Waals surface area (Å²) in [6.45, 7) is 11.1. The van der Waals surface area contributed by atoms with Gasteiger partial charge in [-0.15, -0.1) is 0 Å². The number of methoxy groups -OCH3 is 1. The van der Waals surface area contributed by atoms with Crippen molar-refractivity contribution >= 4 is 23.5 Å². The molecular weight excluding hydrogens is 434 g/mol. The first-order chi connectivity index (χ1) is 16.8. The summed E-state index contributed by atoms with van der Waals surface area (Å²) >= 11 is 0. The van der Waals surface area contributed by atoms with E-state index in [1.54, 1.807) is 7.11 Å². The molecule has 4 heteroatoms. The maximum Gasteiger partial charge on any atom is 0.293 e. The van der Waals surface area contributed by atoms with Crippen LogP contribution in [-0.4, -0.2) is 24.7 Å². The predicted octanol–water partition coefficient (Wildman–Crippen LogP) is 7.11. The van der Waals surface area contributed by atoms with Crippen molar-refractivity contribution in [1.29, 1.82) is 0 Å². The summed E-state index contributed by atoms with van der Waals surface area (Å²) in [7, 11) is 1.65. The minimum atomic E-state index is -0.320. The highest BCUT2D eigenvalue weighted by molar-refractivity contribution is 5.98. The van der Waals surface area contributed by atoms with Gasteiger partial charge in [0.15, 0.2) is 0 Å². The van der Waals surface area contributed by atoms with Gasteiger partial charge in [-0.25, -0.2) is 0 Å². The van der Waals surface area contributed by atoms with Crippen LogP contribution in [0.3, 0.4) is 0 Å². The minimum Gasteiger partial charge on any atom is -0.497 e. The van der Waals surface area contributed by atoms with E-state index in [2.05, 4.69) is 74.8 Å². The molecule has 0 radical (unpaired) electrons. The number of fused-ring (bicyclic) bond motifs is 1. The van der Waals surface area contributed by atoms with Crippen molar-refractivity contribution in [3.8, 4) is 16.9 Å². The van der Waals surface area contributed by atoms with Crippen molar-refractivity contribution in [3.63, 3.8) is 0 Å². The van der Waals surface area contributed by atoms with Crippen LogP contribution >= 0.6 is 0 Å². The Balaban J connectivity index is 1.76. The molecule has 4 nitrogen and oxygen atoms in total. The predicted molar refractivity (Wildman–Crippen MR) is 144 cm³/mol. The topological polar surface area (TPSA) is 51.3 Å². The zero-order valence-electron chi connectivity index (χ0n) is 20.9. The lowest BCUT2D eigenvalue weighted by Crippen LogP contribution is -2.19. The summed E-state index contributed by atoms with van der Waals surface area (Å²) in [4.78, 5) is 15.0. The van der Waals surface area contributed by atoms with Gasteiger partial charge in [0.1, 0.15) is 11.9 Å². The van der Waals surface area contributed by atoms with Crippen LogP contribution in [0.5, 0.6) is 5.75 Å². The molecule has 0 aliphatic carbocycles. The molecule has 1 N–H and O–H groups in total. The molecule has 1 aromatic heterocycles. The molecule has 1 heterocycles. The fourth-order valence-corrected chi connectivity index (χ4v) is 4.55. The number of hydrogen-bond acceptors (Lipinski definition) is 3. The fraction of sp³-hybridized carbons (Fsp3) is 0.258. The average Bonchev–Trinajstić information content (AvgIpc) is 3.20. The molecule has 180 valence electrons. The van der Waals surface area contributed by atoms with Gasteiger partial charge in [0.2, 0.25) is 0 Å². The molecule has 1 atom stereocenters. The highest BCUT2D eigenvalue weighted by Crippen LogP contribution is 2.36. The van der Waals surface area contributed by atoms with Gasteiger partial charge in [0, 0.05) is 35.0 Å². The Morgan fingerprint density at radius 1 is 1.00 bits per heavy atom. The lowest BCUT2D eigenvalue weighted by molar-refractivity contribution is -0.133. The van der Waals surface area contributed by atoms with Gasteiger partial charge in [-0.3, -0.25) is 4.79 Å². The van der Waals surface area contributed by atoms with E-state index in [0.29, 0.717) is 19.3 Å². The first-order valence-electron chi connectivity index (χ1n) is 11.9. The molecular formula is C31H33NO3. The van der Waals surface area contributed by atoms with E-state index in [4.69, 9.17) is 9.47 Å². The third kappa shape index (κ3) is 5.48. The average molecular weight is 468 g/mol. The molecule has 1 unspecified atom stereocenters. The van der Waals surface area contributed by atoms with Gasteiger partial charge in [0.05, 0.1) is 7.11 Å². The zero-order chi connectivity index (χ0) is 25.0. The van der Waals surface area contributed by atoms with E-state index in [1.165, 1.54) is 5.56 Å². The van der Waals surface area contributed by atoms with Gasteiger partial charge >= 0.3 is 0 Å². The molecule has 35 heavy (non-hydrogen) atoms. The number of ether oxygens (including phenoxy) is 2. The lowest BCUT2D eigenvalue weighted by atomic mass is 9.86. The Labute approximate surface area is 207 Å². The van der Waals surface area contributed by atoms with E-state index in [1.807, 2.05) is 30.3 Å². The largest absolute Gasteiger partial charge is 0.497 e. The van der Waals surface area contributed by atoms with Crippen molar-refractivity contribution in [1.82, 2.24) is 4.98 Å². The maximum atomic E-state index is 11.4. The van der Waals surface area contributed by atoms with Crippen molar-refractivity contribution in [2.24, 2.45) is 0 Å². The summed E-state index contributed by atoms with van der Waals surface area (Å²) in [6.07, 6.45) is 2.69. The number of nitrogens with one attached hydrogen (secondary N) is 1. The van der Waals surface area contributed by atoms with Crippen LogP contribution in [-0.2, 0) is 27.8 Å². The number of aromatic amines is 1. The number of carbonyl (C=O) groups excluding carboxylic acids is 1. The Bertz CT molecular complexity index is 1330. The van der Waals surface area contributed by atoms with E-state index in [9.17, 15) is 4.79 Å². The van der Waals surface area contributed by atoms with Crippen LogP contribution in [0, 0.1) is 0 Å². The Morgan fingerprint density at radius 3 is 2.43 bits per heavy atom. The molecule has 0 saturated heterocycles. The molecule has 0 spiro atoms. The number of hydrogen-bond donors (Lipinski definition) is 1. The highest BCUT2D eigenvalue weighted by Gasteiger charge is 2.21. The molecule has 0 aliphatic heterocycles. The summed E-state index contributed by atoms with van der Waals surface area (Å²) in [5.74, 6) is 0.787. The van der Waals surface area contributed by atoms with Gasteiger partial charge < -0.3 is 14.5 Å². The number of H-pyrrole nitrogens is 1. The molecule has 0 bridgehead atoms. The van der Waals surface area contributed by atoms with Crippen molar-refractivity contribution in [2.75, 3.05) is 7.11 Å². The number of benzene rings is 3. The molecule has 4 rings (SSSR count). The zero-order valence-corrected chi connectivity index (χ0v) is 20.9. The van der Waals surface area contributed by atoms with E-state index >= 15 is 0 Å². The molecule has 3 aromatic carbocycles. The van der Waals surface area contributed by atoms with Gasteiger partial charge in [-0.05, 0) is 51.9 Å². The summed E-state index contributed by atoms with van der Waals surface area (Å²) < 4.78 is 10.9. The molecule has 0 amide bonds. The van der Waals surface area contributed by atoms with Gasteiger partial charge in [-0.2, -0.15) is 0 Å². The Kier molecular flexibility index (Phi) is 7.11. The second-order valence-electron chi connectivity index (χ2n) is 9.93. The monoisotopic (exact) mass is 467 g/mol. The summed E-state index contributed by atoms with van der Waals surface area (Å²) in [5.41, 5.74) is 7.84. The van der Waals surface area contributed by atoms with Crippen molar-refractivity contribution in [2.45, 2.75) is 45.1 Å². The van der Waals surface area contributed by atoms with Crippen LogP contribution in [0.4, 0.5) is 0 Å². The molecule has 4 aromatic rings. The second kappa shape index (κ2) is 10.2. The third-order valence-electron chi connectivity index (χ3n) is 6.45. The van der Waals surface area contributed by atoms with E-state index in [-0.39, 0.29) is 11.5 Å². The lowest BCUT2D eigenvalue weighted by Gasteiger charge is -2.20. The van der Waals surface area contributed by atoms with E-state index < -0.39 is 0 Å². The number of aromatic nitrogens is 1. The first-order valence-corrected chi connectivity index (χ1v) is 11.9. The first kappa shape index (κ1) is 24.3. The molecule has 0 aliphatic rings. The minimum absolute atomic E-state index is 0.0806. The van der Waals surface area contributed by atoms with Crippen molar-refractivity contribution in [3.05, 3.63) is 95.7 Å². The highest BCUT2D eigenvalue weighted by atomic mass is 16.5. The Morgan fingerprint density at radius 2 is 1.77 bits per heavy atom. The summed E-state index contributed by atoms with van der Waals surface area (Å²) in [6, 6.07) is 22.9. The second-order valence-corrected chi connectivity index (χ2v) is 9.93. The quantitative estimate of drug-likeness (QED) is 0.267. The van der Waals surface area contributed by atoms with Crippen molar-refractivity contribution < 1.29 is 14.3 Å². The molecule has 0 fully saturated rings. The smallest absolute Gasteiger partial charge is 0.293 e. The van der Waals surface area contributed by atoms with Gasteiger partial charge in [0.25, 0.3) is 6.47 Å². The van der Waals surface area contributed by atoms with Crippen LogP contribution in [0.25, 0.3) is 28.1 Å². The van der Waals surface area contributed by atoms with Crippen LogP contribution in [0.15, 0.2) is 73.3 Å². The normalized spacial score (nSPS) is 12.3. The van der Waals surface area contributed by atoms with Crippen LogP contribution in [0.1, 0.15) is 43.2 Å². The maximum absolute atomic E-state index is 11.4. The molecule has 0 saturated carbocycles. The van der Waals surface area contributed by atoms with E-state index in [0.717, 1.165) is 44.6 Å². The number of carbonyl (C=O) groups is 1. The SMILES string of the molecule is C=Cc1ccc2[nH]c(CC(Cc3cccc(OC)c3)OC=O)c(-c3ccc(C(C)(C)C)cc3)c2c1. The standard InChI is InChI=1S/C31H33NO3/c1-6-21-10-15-28-27(18-21)30(23-11-13-24(14-12-23)31(2,3)4)29(32-28)19-26(35-20-33)17-22-8-7-9-25(16-22)34-5/h6-16,18,20,26,32H,1,17,19H2,2-5H3. The van der Waals surface area contributed by atoms with Gasteiger partial charge in [-0.1, -0.05) is 75.9 Å². The third-order valence-corrected chi connectivity index (χ3v) is 6.45. The Hall–Kier alpha value is -3.79. The summed E-state index contributed by atoms with van der Waals surface area (Å²) in [5, 5.41) is 1.13. The number of rotatable bonds is 9.